The predicted octanol–water partition coefficient (Wildman–Crippen LogP) is 0.783. The van der Waals surface area contributed by atoms with Crippen molar-refractivity contribution in [2.75, 3.05) is 28.2 Å². The Morgan fingerprint density at radius 1 is 0.929 bits per heavy atom. The van der Waals surface area contributed by atoms with Crippen LogP contribution in [-0.4, -0.2) is 50.3 Å². The first-order chi connectivity index (χ1) is 5.95. The van der Waals surface area contributed by atoms with Crippen LogP contribution in [0, 0.1) is 0 Å². The van der Waals surface area contributed by atoms with Gasteiger partial charge in [-0.05, 0) is 0 Å². The molecule has 0 saturated carbocycles. The van der Waals surface area contributed by atoms with Crippen molar-refractivity contribution in [3.8, 4) is 0 Å². The summed E-state index contributed by atoms with van der Waals surface area (Å²) in [6, 6.07) is 0. The summed E-state index contributed by atoms with van der Waals surface area (Å²) in [5.41, 5.74) is 0. The summed E-state index contributed by atoms with van der Waals surface area (Å²) in [4.78, 5) is 18.9. The molecule has 0 radical (unpaired) electrons. The topological polar surface area (TPSA) is 103 Å². The van der Waals surface area contributed by atoms with Gasteiger partial charge in [0, 0.05) is 0 Å². The molecule has 0 heterocycles. The molecule has 7 heteroatoms. The van der Waals surface area contributed by atoms with Crippen LogP contribution in [0.2, 0.25) is 0 Å². The quantitative estimate of drug-likeness (QED) is 0.684. The maximum absolute atomic E-state index is 9.43. The van der Waals surface area contributed by atoms with Crippen LogP contribution in [0.1, 0.15) is 6.42 Å². The monoisotopic (exact) mass is 387 g/mol. The van der Waals surface area contributed by atoms with Crippen molar-refractivity contribution >= 4 is 11.9 Å². The third-order valence-electron chi connectivity index (χ3n) is 0.302. The summed E-state index contributed by atoms with van der Waals surface area (Å²) in [6.07, 6.45) is -0.806. The van der Waals surface area contributed by atoms with Gasteiger partial charge < -0.3 is 20.8 Å². The van der Waals surface area contributed by atoms with Crippen molar-refractivity contribution < 1.29 is 40.9 Å². The van der Waals surface area contributed by atoms with Crippen molar-refractivity contribution in [3.63, 3.8) is 0 Å². The maximum atomic E-state index is 9.43. The third-order valence-corrected chi connectivity index (χ3v) is 0.302. The number of hydrogen-bond acceptors (Lipinski definition) is 2. The molecule has 88 valence electrons. The molecule has 0 aliphatic carbocycles. The van der Waals surface area contributed by atoms with Gasteiger partial charge >= 0.3 is 33.0 Å². The summed E-state index contributed by atoms with van der Waals surface area (Å²) in [7, 11) is 7.00. The first-order valence-corrected chi connectivity index (χ1v) is 3.35. The van der Waals surface area contributed by atoms with Crippen LogP contribution in [0.25, 0.3) is 10.6 Å². The average Bonchev–Trinajstić information content (AvgIpc) is 1.86. The molecular formula is C7H16N2O4Pt. The van der Waals surface area contributed by atoms with Crippen LogP contribution in [0.5, 0.6) is 0 Å². The Balaban J connectivity index is -0.0000000610. The molecule has 0 aliphatic heterocycles. The fourth-order valence-corrected chi connectivity index (χ4v) is 0.129. The van der Waals surface area contributed by atoms with Crippen molar-refractivity contribution in [1.82, 2.24) is 0 Å². The molecule has 2 N–H and O–H groups in total. The smallest absolute Gasteiger partial charge is 0.668 e. The van der Waals surface area contributed by atoms with E-state index in [0.29, 0.717) is 0 Å². The molecule has 14 heavy (non-hydrogen) atoms. The summed E-state index contributed by atoms with van der Waals surface area (Å²) >= 11 is 0. The molecule has 0 unspecified atom stereocenters. The van der Waals surface area contributed by atoms with Gasteiger partial charge in [0.05, 0.1) is 0 Å². The molecule has 0 rings (SSSR count). The number of carbonyl (C=O) groups is 2. The Labute approximate surface area is 98.3 Å². The largest absolute Gasteiger partial charge is 2.00 e. The Kier molecular flexibility index (Phi) is 38.3. The summed E-state index contributed by atoms with van der Waals surface area (Å²) < 4.78 is 0. The van der Waals surface area contributed by atoms with Gasteiger partial charge in [0.1, 0.15) is 6.42 Å². The molecule has 0 aromatic carbocycles. The zero-order valence-corrected chi connectivity index (χ0v) is 10.9. The van der Waals surface area contributed by atoms with E-state index in [9.17, 15) is 9.59 Å². The molecule has 0 saturated heterocycles. The second-order valence-corrected chi connectivity index (χ2v) is 1.86. The number of carboxylic acid groups (broad SMARTS) is 2. The molecule has 0 atom stereocenters. The van der Waals surface area contributed by atoms with Gasteiger partial charge in [-0.3, -0.25) is 9.59 Å². The van der Waals surface area contributed by atoms with E-state index in [1.54, 1.807) is 28.2 Å². The van der Waals surface area contributed by atoms with Gasteiger partial charge in [-0.15, -0.1) is 0 Å². The van der Waals surface area contributed by atoms with Crippen molar-refractivity contribution in [2.24, 2.45) is 0 Å². The number of nitrogens with zero attached hydrogens (tertiary/aromatic N) is 2. The molecule has 6 nitrogen and oxygen atoms in total. The first kappa shape index (κ1) is 23.4. The van der Waals surface area contributed by atoms with Gasteiger partial charge in [-0.1, -0.05) is 0 Å². The van der Waals surface area contributed by atoms with E-state index in [1.807, 2.05) is 0 Å². The zero-order chi connectivity index (χ0) is 11.3. The van der Waals surface area contributed by atoms with Gasteiger partial charge in [-0.25, -0.2) is 0 Å². The van der Waals surface area contributed by atoms with E-state index >= 15 is 0 Å². The zero-order valence-electron chi connectivity index (χ0n) is 8.63. The summed E-state index contributed by atoms with van der Waals surface area (Å²) in [5.74, 6) is -2.62. The van der Waals surface area contributed by atoms with Gasteiger partial charge in [-0.2, -0.15) is 28.2 Å². The summed E-state index contributed by atoms with van der Waals surface area (Å²) in [5, 5.41) is 22.4. The van der Waals surface area contributed by atoms with Crippen LogP contribution in [0.4, 0.5) is 0 Å². The fraction of sp³-hybridized carbons (Fsp3) is 0.714. The van der Waals surface area contributed by atoms with E-state index in [1.165, 1.54) is 0 Å². The average molecular weight is 387 g/mol. The molecule has 0 amide bonds. The van der Waals surface area contributed by atoms with Crippen LogP contribution in [0.15, 0.2) is 0 Å². The second-order valence-electron chi connectivity index (χ2n) is 1.86. The Morgan fingerprint density at radius 3 is 1.07 bits per heavy atom. The molecule has 0 bridgehead atoms. The van der Waals surface area contributed by atoms with Crippen molar-refractivity contribution in [3.05, 3.63) is 10.6 Å². The number of rotatable bonds is 2. The predicted molar refractivity (Wildman–Crippen MR) is 50.3 cm³/mol. The Hall–Kier alpha value is -0.452. The van der Waals surface area contributed by atoms with E-state index < -0.39 is 18.4 Å². The summed E-state index contributed by atoms with van der Waals surface area (Å²) in [6.45, 7) is 0. The molecule has 0 fully saturated rings. The van der Waals surface area contributed by atoms with Gasteiger partial charge in [0.2, 0.25) is 0 Å². The molecular weight excluding hydrogens is 371 g/mol. The molecule has 0 spiro atoms. The molecule has 0 aromatic rings. The normalized spacial score (nSPS) is 6.57. The third kappa shape index (κ3) is 102. The van der Waals surface area contributed by atoms with E-state index in [-0.39, 0.29) is 21.1 Å². The molecule has 0 aliphatic rings. The Morgan fingerprint density at radius 2 is 1.07 bits per heavy atom. The Bertz CT molecular complexity index is 119. The minimum Gasteiger partial charge on any atom is -0.668 e. The van der Waals surface area contributed by atoms with Gasteiger partial charge in [0.15, 0.2) is 0 Å². The van der Waals surface area contributed by atoms with Crippen molar-refractivity contribution in [2.45, 2.75) is 6.42 Å². The van der Waals surface area contributed by atoms with E-state index in [4.69, 9.17) is 10.2 Å². The first-order valence-electron chi connectivity index (χ1n) is 3.35. The maximum Gasteiger partial charge on any atom is 2.00 e. The SMILES string of the molecule is C[N-]C.C[N-]C.O=C(O)CC(=O)O.[Pt+2]. The van der Waals surface area contributed by atoms with Crippen LogP contribution in [0.3, 0.4) is 0 Å². The van der Waals surface area contributed by atoms with Crippen LogP contribution in [-0.2, 0) is 30.7 Å². The fourth-order valence-electron chi connectivity index (χ4n) is 0.129. The van der Waals surface area contributed by atoms with Crippen molar-refractivity contribution in [1.29, 1.82) is 0 Å². The number of aliphatic carboxylic acids is 2. The molecule has 0 aromatic heterocycles. The van der Waals surface area contributed by atoms with Gasteiger partial charge in [0.25, 0.3) is 0 Å². The minimum atomic E-state index is -1.31. The van der Waals surface area contributed by atoms with Crippen LogP contribution >= 0.6 is 0 Å². The number of hydrogen-bond donors (Lipinski definition) is 2. The standard InChI is InChI=1S/C3H4O4.2C2H6N.Pt/c4-2(5)1-3(6)7;2*1-3-2;/h1H2,(H,4,5)(H,6,7);2*1-2H3;/q;2*-1;+2. The van der Waals surface area contributed by atoms with Crippen LogP contribution < -0.4 is 0 Å². The van der Waals surface area contributed by atoms with E-state index in [2.05, 4.69) is 10.6 Å². The number of carboxylic acids is 2. The second kappa shape index (κ2) is 22.9. The minimum absolute atomic E-state index is 0. The van der Waals surface area contributed by atoms with E-state index in [0.717, 1.165) is 0 Å².